The molecular formula is C29H28N6O5. The van der Waals surface area contributed by atoms with E-state index in [1.165, 1.54) is 0 Å². The summed E-state index contributed by atoms with van der Waals surface area (Å²) in [5.74, 6) is 2.19. The van der Waals surface area contributed by atoms with E-state index >= 15 is 0 Å². The molecule has 0 radical (unpaired) electrons. The number of hydrogen-bond donors (Lipinski definition) is 3. The van der Waals surface area contributed by atoms with Crippen molar-refractivity contribution in [1.29, 1.82) is 0 Å². The van der Waals surface area contributed by atoms with Crippen LogP contribution >= 0.6 is 0 Å². The van der Waals surface area contributed by atoms with Crippen LogP contribution in [0.1, 0.15) is 33.8 Å². The van der Waals surface area contributed by atoms with Gasteiger partial charge in [-0.2, -0.15) is 5.10 Å². The molecule has 1 saturated carbocycles. The maximum atomic E-state index is 13.1. The van der Waals surface area contributed by atoms with Crippen LogP contribution in [0, 0.1) is 0 Å². The third-order valence-corrected chi connectivity index (χ3v) is 8.17. The van der Waals surface area contributed by atoms with Gasteiger partial charge in [0.25, 0.3) is 5.91 Å². The average Bonchev–Trinajstić information content (AvgIpc) is 3.55. The van der Waals surface area contributed by atoms with E-state index in [1.807, 2.05) is 36.4 Å². The SMILES string of the molecule is COc1ccc2c(c1)[C@]1(C[C@H]1c1ccc3c(Nc4ncc(C(=O)N5CCOCC5)cc4OC)n[nH]c3c1)C(=O)N2. The Kier molecular flexibility index (Phi) is 5.63. The fourth-order valence-corrected chi connectivity index (χ4v) is 5.92. The number of aromatic amines is 1. The van der Waals surface area contributed by atoms with Crippen molar-refractivity contribution in [3.8, 4) is 11.5 Å². The molecule has 1 spiro atoms. The predicted octanol–water partition coefficient (Wildman–Crippen LogP) is 3.57. The van der Waals surface area contributed by atoms with Crippen LogP contribution in [0.5, 0.6) is 11.5 Å². The number of anilines is 3. The lowest BCUT2D eigenvalue weighted by atomic mass is 9.91. The minimum Gasteiger partial charge on any atom is -0.497 e. The van der Waals surface area contributed by atoms with Crippen molar-refractivity contribution in [2.24, 2.45) is 0 Å². The Morgan fingerprint density at radius 1 is 1.10 bits per heavy atom. The summed E-state index contributed by atoms with van der Waals surface area (Å²) in [5, 5.41) is 14.7. The van der Waals surface area contributed by atoms with Crippen molar-refractivity contribution in [2.75, 3.05) is 51.2 Å². The van der Waals surface area contributed by atoms with Crippen LogP contribution in [-0.2, 0) is 14.9 Å². The molecule has 4 heterocycles. The first-order chi connectivity index (χ1) is 19.5. The highest BCUT2D eigenvalue weighted by Crippen LogP contribution is 2.65. The van der Waals surface area contributed by atoms with Crippen LogP contribution in [-0.4, -0.2) is 72.4 Å². The van der Waals surface area contributed by atoms with Gasteiger partial charge in [0.15, 0.2) is 17.4 Å². The van der Waals surface area contributed by atoms with Crippen LogP contribution in [0.2, 0.25) is 0 Å². The lowest BCUT2D eigenvalue weighted by molar-refractivity contribution is -0.118. The van der Waals surface area contributed by atoms with E-state index in [4.69, 9.17) is 14.2 Å². The van der Waals surface area contributed by atoms with Gasteiger partial charge in [-0.05, 0) is 53.9 Å². The number of benzene rings is 2. The molecule has 2 fully saturated rings. The summed E-state index contributed by atoms with van der Waals surface area (Å²) in [6.07, 6.45) is 2.28. The monoisotopic (exact) mass is 540 g/mol. The maximum Gasteiger partial charge on any atom is 0.255 e. The molecule has 2 aromatic carbocycles. The zero-order valence-corrected chi connectivity index (χ0v) is 22.1. The molecule has 1 saturated heterocycles. The quantitative estimate of drug-likeness (QED) is 0.338. The largest absolute Gasteiger partial charge is 0.497 e. The first-order valence-corrected chi connectivity index (χ1v) is 13.2. The zero-order chi connectivity index (χ0) is 27.4. The minimum atomic E-state index is -0.573. The lowest BCUT2D eigenvalue weighted by Gasteiger charge is -2.26. The number of carbonyl (C=O) groups is 2. The highest BCUT2D eigenvalue weighted by Gasteiger charge is 2.65. The standard InChI is InChI=1S/C29H28N6O5/c1-38-18-4-6-22-20(13-18)29(28(37)31-22)14-21(29)16-3-5-19-23(11-16)33-34-25(19)32-26-24(39-2)12-17(15-30-26)27(36)35-7-9-40-10-8-35/h3-6,11-13,15,21H,7-10,14H2,1-2H3,(H,31,37)(H2,30,32,33,34)/t21-,29-/m0/s1. The van der Waals surface area contributed by atoms with Crippen molar-refractivity contribution >= 4 is 40.0 Å². The number of rotatable bonds is 6. The Morgan fingerprint density at radius 2 is 1.95 bits per heavy atom. The number of amides is 2. The number of methoxy groups -OCH3 is 2. The molecule has 11 heteroatoms. The smallest absolute Gasteiger partial charge is 0.255 e. The van der Waals surface area contributed by atoms with Crippen molar-refractivity contribution in [1.82, 2.24) is 20.1 Å². The molecule has 7 rings (SSSR count). The lowest BCUT2D eigenvalue weighted by Crippen LogP contribution is -2.40. The Hall–Kier alpha value is -4.64. The van der Waals surface area contributed by atoms with Gasteiger partial charge >= 0.3 is 0 Å². The van der Waals surface area contributed by atoms with E-state index in [9.17, 15) is 9.59 Å². The zero-order valence-electron chi connectivity index (χ0n) is 22.1. The number of ether oxygens (including phenoxy) is 3. The summed E-state index contributed by atoms with van der Waals surface area (Å²) < 4.78 is 16.3. The first kappa shape index (κ1) is 24.4. The molecule has 4 aromatic rings. The molecule has 2 aliphatic heterocycles. The molecule has 0 bridgehead atoms. The van der Waals surface area contributed by atoms with Gasteiger partial charge < -0.3 is 29.7 Å². The van der Waals surface area contributed by atoms with E-state index in [1.54, 1.807) is 31.4 Å². The van der Waals surface area contributed by atoms with Gasteiger partial charge in [0, 0.05) is 36.3 Å². The molecule has 204 valence electrons. The Balaban J connectivity index is 1.13. The van der Waals surface area contributed by atoms with E-state index in [0.29, 0.717) is 49.3 Å². The number of nitrogens with one attached hydrogen (secondary N) is 3. The van der Waals surface area contributed by atoms with Crippen LogP contribution < -0.4 is 20.1 Å². The Bertz CT molecular complexity index is 1660. The minimum absolute atomic E-state index is 0.0292. The number of aromatic nitrogens is 3. The van der Waals surface area contributed by atoms with E-state index < -0.39 is 5.41 Å². The van der Waals surface area contributed by atoms with Crippen LogP contribution in [0.4, 0.5) is 17.3 Å². The first-order valence-electron chi connectivity index (χ1n) is 13.2. The molecule has 3 N–H and O–H groups in total. The third-order valence-electron chi connectivity index (χ3n) is 8.17. The maximum absolute atomic E-state index is 13.1. The van der Waals surface area contributed by atoms with Crippen molar-refractivity contribution < 1.29 is 23.8 Å². The summed E-state index contributed by atoms with van der Waals surface area (Å²) in [6, 6.07) is 13.5. The summed E-state index contributed by atoms with van der Waals surface area (Å²) in [6.45, 7) is 2.16. The number of hydrogen-bond acceptors (Lipinski definition) is 8. The van der Waals surface area contributed by atoms with Gasteiger partial charge in [-0.15, -0.1) is 0 Å². The Morgan fingerprint density at radius 3 is 2.75 bits per heavy atom. The predicted molar refractivity (Wildman–Crippen MR) is 148 cm³/mol. The molecule has 1 aliphatic carbocycles. The summed E-state index contributed by atoms with van der Waals surface area (Å²) in [5.41, 5.74) is 3.62. The fourth-order valence-electron chi connectivity index (χ4n) is 5.92. The van der Waals surface area contributed by atoms with Crippen molar-refractivity contribution in [3.63, 3.8) is 0 Å². The summed E-state index contributed by atoms with van der Waals surface area (Å²) in [7, 11) is 3.17. The van der Waals surface area contributed by atoms with Crippen molar-refractivity contribution in [3.05, 3.63) is 65.4 Å². The number of fused-ring (bicyclic) bond motifs is 3. The number of pyridine rings is 1. The van der Waals surface area contributed by atoms with E-state index in [2.05, 4.69) is 25.8 Å². The molecule has 2 aromatic heterocycles. The third kappa shape index (κ3) is 3.76. The van der Waals surface area contributed by atoms with Crippen molar-refractivity contribution in [2.45, 2.75) is 17.8 Å². The van der Waals surface area contributed by atoms with Gasteiger partial charge in [0.05, 0.1) is 43.9 Å². The molecule has 11 nitrogen and oxygen atoms in total. The second-order valence-corrected chi connectivity index (χ2v) is 10.3. The second-order valence-electron chi connectivity index (χ2n) is 10.3. The van der Waals surface area contributed by atoms with Gasteiger partial charge in [-0.3, -0.25) is 14.7 Å². The number of morpholine rings is 1. The molecule has 0 unspecified atom stereocenters. The highest BCUT2D eigenvalue weighted by atomic mass is 16.5. The van der Waals surface area contributed by atoms with Crippen LogP contribution in [0.15, 0.2) is 48.7 Å². The van der Waals surface area contributed by atoms with Gasteiger partial charge in [0.1, 0.15) is 5.75 Å². The molecule has 2 amide bonds. The van der Waals surface area contributed by atoms with E-state index in [0.717, 1.165) is 39.9 Å². The normalized spacial score (nSPS) is 21.3. The van der Waals surface area contributed by atoms with Crippen LogP contribution in [0.3, 0.4) is 0 Å². The van der Waals surface area contributed by atoms with Gasteiger partial charge in [-0.1, -0.05) is 6.07 Å². The highest BCUT2D eigenvalue weighted by molar-refractivity contribution is 6.10. The van der Waals surface area contributed by atoms with Crippen LogP contribution in [0.25, 0.3) is 10.9 Å². The number of carbonyl (C=O) groups excluding carboxylic acids is 2. The number of nitrogens with zero attached hydrogens (tertiary/aromatic N) is 3. The molecular weight excluding hydrogens is 512 g/mol. The summed E-state index contributed by atoms with van der Waals surface area (Å²) >= 11 is 0. The second kappa shape index (κ2) is 9.23. The molecule has 2 atom stereocenters. The number of H-pyrrole nitrogens is 1. The van der Waals surface area contributed by atoms with Gasteiger partial charge in [-0.25, -0.2) is 4.98 Å². The Labute approximate surface area is 229 Å². The molecule has 40 heavy (non-hydrogen) atoms. The fraction of sp³-hybridized carbons (Fsp3) is 0.310. The molecule has 3 aliphatic rings. The average molecular weight is 541 g/mol. The summed E-state index contributed by atoms with van der Waals surface area (Å²) in [4.78, 5) is 32.2. The van der Waals surface area contributed by atoms with E-state index in [-0.39, 0.29) is 17.7 Å². The van der Waals surface area contributed by atoms with Gasteiger partial charge in [0.2, 0.25) is 5.91 Å². The topological polar surface area (TPSA) is 131 Å².